The average molecular weight is 270 g/mol. The van der Waals surface area contributed by atoms with Crippen LogP contribution in [0.1, 0.15) is 16.1 Å². The Balaban J connectivity index is 1.74. The average Bonchev–Trinajstić information content (AvgIpc) is 2.93. The minimum Gasteiger partial charge on any atom is -0.346 e. The van der Waals surface area contributed by atoms with E-state index in [0.717, 1.165) is 11.0 Å². The van der Waals surface area contributed by atoms with E-state index < -0.39 is 5.82 Å². The molecule has 0 atom stereocenters. The van der Waals surface area contributed by atoms with E-state index >= 15 is 0 Å². The van der Waals surface area contributed by atoms with Gasteiger partial charge in [0.25, 0.3) is 5.91 Å². The highest BCUT2D eigenvalue weighted by Gasteiger charge is 2.09. The summed E-state index contributed by atoms with van der Waals surface area (Å²) in [7, 11) is 0. The molecular formula is C14H11FN4O. The van der Waals surface area contributed by atoms with Crippen molar-refractivity contribution in [3.63, 3.8) is 0 Å². The number of hydrogen-bond acceptors (Lipinski definition) is 3. The molecule has 3 rings (SSSR count). The van der Waals surface area contributed by atoms with Crippen molar-refractivity contribution >= 4 is 16.9 Å². The van der Waals surface area contributed by atoms with Gasteiger partial charge in [0, 0.05) is 11.8 Å². The molecule has 0 aliphatic carbocycles. The number of carbonyl (C=O) groups is 1. The van der Waals surface area contributed by atoms with Crippen molar-refractivity contribution in [3.8, 4) is 0 Å². The number of nitrogens with one attached hydrogen (secondary N) is 2. The molecule has 0 aliphatic rings. The third-order valence-electron chi connectivity index (χ3n) is 2.93. The summed E-state index contributed by atoms with van der Waals surface area (Å²) < 4.78 is 13.4. The van der Waals surface area contributed by atoms with Gasteiger partial charge in [0.1, 0.15) is 5.82 Å². The highest BCUT2D eigenvalue weighted by atomic mass is 19.1. The van der Waals surface area contributed by atoms with E-state index in [1.807, 2.05) is 0 Å². The summed E-state index contributed by atoms with van der Waals surface area (Å²) in [6.45, 7) is 0.0481. The fourth-order valence-corrected chi connectivity index (χ4v) is 1.89. The smallest absolute Gasteiger partial charge is 0.251 e. The van der Waals surface area contributed by atoms with Crippen LogP contribution in [0.2, 0.25) is 0 Å². The molecule has 0 saturated heterocycles. The lowest BCUT2D eigenvalue weighted by Crippen LogP contribution is -2.23. The summed E-state index contributed by atoms with van der Waals surface area (Å²) >= 11 is 0. The van der Waals surface area contributed by atoms with Gasteiger partial charge in [0.2, 0.25) is 0 Å². The molecular weight excluding hydrogens is 259 g/mol. The van der Waals surface area contributed by atoms with Crippen molar-refractivity contribution in [2.24, 2.45) is 0 Å². The van der Waals surface area contributed by atoms with Crippen molar-refractivity contribution in [2.45, 2.75) is 6.54 Å². The Morgan fingerprint density at radius 2 is 2.20 bits per heavy atom. The third-order valence-corrected chi connectivity index (χ3v) is 2.93. The summed E-state index contributed by atoms with van der Waals surface area (Å²) in [5.41, 5.74) is 2.26. The minimum atomic E-state index is -0.433. The third kappa shape index (κ3) is 2.35. The van der Waals surface area contributed by atoms with Crippen LogP contribution in [0.3, 0.4) is 0 Å². The Morgan fingerprint density at radius 3 is 3.05 bits per heavy atom. The highest BCUT2D eigenvalue weighted by Crippen LogP contribution is 2.11. The molecule has 100 valence electrons. The second kappa shape index (κ2) is 5.08. The number of aromatic nitrogens is 3. The lowest BCUT2D eigenvalue weighted by Gasteiger charge is -2.05. The number of H-pyrrole nitrogens is 1. The SMILES string of the molecule is O=C(NCc1ncccc1F)c1ccc2nc[nH]c2c1. The van der Waals surface area contributed by atoms with Gasteiger partial charge in [-0.25, -0.2) is 9.37 Å². The molecule has 0 unspecified atom stereocenters. The van der Waals surface area contributed by atoms with E-state index in [1.54, 1.807) is 24.5 Å². The van der Waals surface area contributed by atoms with E-state index in [2.05, 4.69) is 20.3 Å². The molecule has 6 heteroatoms. The Morgan fingerprint density at radius 1 is 1.30 bits per heavy atom. The quantitative estimate of drug-likeness (QED) is 0.765. The number of benzene rings is 1. The summed E-state index contributed by atoms with van der Waals surface area (Å²) in [6.07, 6.45) is 3.05. The predicted octanol–water partition coefficient (Wildman–Crippen LogP) is 2.03. The molecule has 1 aromatic carbocycles. The first-order valence-corrected chi connectivity index (χ1v) is 6.05. The van der Waals surface area contributed by atoms with E-state index in [1.165, 1.54) is 18.3 Å². The number of imidazole rings is 1. The number of rotatable bonds is 3. The van der Waals surface area contributed by atoms with Crippen LogP contribution in [0.25, 0.3) is 11.0 Å². The highest BCUT2D eigenvalue weighted by molar-refractivity contribution is 5.97. The summed E-state index contributed by atoms with van der Waals surface area (Å²) in [5, 5.41) is 2.64. The van der Waals surface area contributed by atoms with E-state index in [0.29, 0.717) is 5.56 Å². The lowest BCUT2D eigenvalue weighted by atomic mass is 10.2. The van der Waals surface area contributed by atoms with Crippen molar-refractivity contribution in [2.75, 3.05) is 0 Å². The molecule has 1 amide bonds. The number of hydrogen-bond donors (Lipinski definition) is 2. The molecule has 5 nitrogen and oxygen atoms in total. The Bertz CT molecular complexity index is 768. The zero-order chi connectivity index (χ0) is 13.9. The van der Waals surface area contributed by atoms with Crippen molar-refractivity contribution in [1.29, 1.82) is 0 Å². The second-order valence-electron chi connectivity index (χ2n) is 4.25. The maximum Gasteiger partial charge on any atom is 0.251 e. The minimum absolute atomic E-state index is 0.0481. The van der Waals surface area contributed by atoms with Crippen LogP contribution in [-0.2, 0) is 6.54 Å². The van der Waals surface area contributed by atoms with Crippen molar-refractivity contribution in [3.05, 3.63) is 59.9 Å². The molecule has 2 heterocycles. The number of carbonyl (C=O) groups excluding carboxylic acids is 1. The summed E-state index contributed by atoms with van der Waals surface area (Å²) in [6, 6.07) is 7.94. The van der Waals surface area contributed by atoms with Crippen LogP contribution in [0.5, 0.6) is 0 Å². The molecule has 3 aromatic rings. The Labute approximate surface area is 113 Å². The maximum absolute atomic E-state index is 13.4. The maximum atomic E-state index is 13.4. The van der Waals surface area contributed by atoms with E-state index in [9.17, 15) is 9.18 Å². The first-order chi connectivity index (χ1) is 9.74. The number of aromatic amines is 1. The van der Waals surface area contributed by atoms with Gasteiger partial charge in [-0.3, -0.25) is 9.78 Å². The first-order valence-electron chi connectivity index (χ1n) is 6.05. The van der Waals surface area contributed by atoms with E-state index in [4.69, 9.17) is 0 Å². The largest absolute Gasteiger partial charge is 0.346 e. The molecule has 0 fully saturated rings. The van der Waals surface area contributed by atoms with Gasteiger partial charge < -0.3 is 10.3 Å². The Kier molecular flexibility index (Phi) is 3.12. The number of pyridine rings is 1. The zero-order valence-electron chi connectivity index (χ0n) is 10.4. The molecule has 0 aliphatic heterocycles. The normalized spacial score (nSPS) is 10.7. The summed E-state index contributed by atoms with van der Waals surface area (Å²) in [4.78, 5) is 22.9. The van der Waals surface area contributed by atoms with Crippen LogP contribution in [-0.4, -0.2) is 20.9 Å². The van der Waals surface area contributed by atoms with E-state index in [-0.39, 0.29) is 18.1 Å². The second-order valence-corrected chi connectivity index (χ2v) is 4.25. The Hall–Kier alpha value is -2.76. The number of nitrogens with zero attached hydrogens (tertiary/aromatic N) is 2. The van der Waals surface area contributed by atoms with Crippen LogP contribution in [0.15, 0.2) is 42.9 Å². The molecule has 0 radical (unpaired) electrons. The molecule has 0 spiro atoms. The zero-order valence-corrected chi connectivity index (χ0v) is 10.4. The molecule has 2 aromatic heterocycles. The fourth-order valence-electron chi connectivity index (χ4n) is 1.89. The van der Waals surface area contributed by atoms with Crippen LogP contribution < -0.4 is 5.32 Å². The van der Waals surface area contributed by atoms with Gasteiger partial charge in [-0.1, -0.05) is 0 Å². The fraction of sp³-hybridized carbons (Fsp3) is 0.0714. The van der Waals surface area contributed by atoms with Gasteiger partial charge in [-0.2, -0.15) is 0 Å². The van der Waals surface area contributed by atoms with Gasteiger partial charge in [0.15, 0.2) is 0 Å². The van der Waals surface area contributed by atoms with Gasteiger partial charge in [0.05, 0.1) is 29.6 Å². The molecule has 0 saturated carbocycles. The standard InChI is InChI=1S/C14H11FN4O/c15-10-2-1-5-16-13(10)7-17-14(20)9-3-4-11-12(6-9)19-8-18-11/h1-6,8H,7H2,(H,17,20)(H,18,19). The van der Waals surface area contributed by atoms with Gasteiger partial charge in [-0.05, 0) is 30.3 Å². The summed E-state index contributed by atoms with van der Waals surface area (Å²) in [5.74, 6) is -0.719. The monoisotopic (exact) mass is 270 g/mol. The predicted molar refractivity (Wildman–Crippen MR) is 71.5 cm³/mol. The van der Waals surface area contributed by atoms with Crippen LogP contribution in [0.4, 0.5) is 4.39 Å². The van der Waals surface area contributed by atoms with Gasteiger partial charge >= 0.3 is 0 Å². The lowest BCUT2D eigenvalue weighted by molar-refractivity contribution is 0.0950. The molecule has 0 bridgehead atoms. The van der Waals surface area contributed by atoms with Crippen LogP contribution >= 0.6 is 0 Å². The molecule has 2 N–H and O–H groups in total. The number of halogens is 1. The van der Waals surface area contributed by atoms with Crippen LogP contribution in [0, 0.1) is 5.82 Å². The first kappa shape index (κ1) is 12.3. The van der Waals surface area contributed by atoms with Crippen molar-refractivity contribution in [1.82, 2.24) is 20.3 Å². The number of fused-ring (bicyclic) bond motifs is 1. The molecule has 20 heavy (non-hydrogen) atoms. The van der Waals surface area contributed by atoms with Crippen molar-refractivity contribution < 1.29 is 9.18 Å². The topological polar surface area (TPSA) is 70.7 Å². The van der Waals surface area contributed by atoms with Gasteiger partial charge in [-0.15, -0.1) is 0 Å². The number of amides is 1.